The minimum atomic E-state index is -2.87. The van der Waals surface area contributed by atoms with Crippen molar-refractivity contribution >= 4 is 5.97 Å². The van der Waals surface area contributed by atoms with Crippen molar-refractivity contribution in [2.24, 2.45) is 0 Å². The zero-order chi connectivity index (χ0) is 17.6. The van der Waals surface area contributed by atoms with Crippen molar-refractivity contribution < 1.29 is 32.5 Å². The number of ether oxygens (including phenoxy) is 4. The van der Waals surface area contributed by atoms with Gasteiger partial charge >= 0.3 is 12.6 Å². The van der Waals surface area contributed by atoms with Crippen LogP contribution in [0.15, 0.2) is 42.5 Å². The molecule has 0 saturated carbocycles. The zero-order valence-electron chi connectivity index (χ0n) is 13.2. The maximum Gasteiger partial charge on any atom is 0.387 e. The summed E-state index contributed by atoms with van der Waals surface area (Å²) in [5, 5.41) is 0. The largest absolute Gasteiger partial charge is 0.490 e. The number of alkyl halides is 2. The molecule has 0 saturated heterocycles. The van der Waals surface area contributed by atoms with Crippen LogP contribution in [0, 0.1) is 0 Å². The minimum absolute atomic E-state index is 0.0161. The van der Waals surface area contributed by atoms with Gasteiger partial charge in [0.15, 0.2) is 11.5 Å². The van der Waals surface area contributed by atoms with Crippen molar-refractivity contribution in [2.75, 3.05) is 13.2 Å². The van der Waals surface area contributed by atoms with Crippen LogP contribution in [0.4, 0.5) is 8.78 Å². The molecular weight excluding hydrogens is 334 g/mol. The van der Waals surface area contributed by atoms with Crippen LogP contribution >= 0.6 is 0 Å². The van der Waals surface area contributed by atoms with Gasteiger partial charge in [-0.05, 0) is 35.9 Å². The van der Waals surface area contributed by atoms with Gasteiger partial charge in [-0.15, -0.1) is 0 Å². The summed E-state index contributed by atoms with van der Waals surface area (Å²) in [4.78, 5) is 12.2. The van der Waals surface area contributed by atoms with E-state index >= 15 is 0 Å². The van der Waals surface area contributed by atoms with Crippen LogP contribution in [-0.4, -0.2) is 25.8 Å². The summed E-state index contributed by atoms with van der Waals surface area (Å²) in [6, 6.07) is 10.8. The highest BCUT2D eigenvalue weighted by Gasteiger charge is 2.15. The molecule has 0 bridgehead atoms. The number of carbonyl (C=O) groups is 1. The summed E-state index contributed by atoms with van der Waals surface area (Å²) in [5.74, 6) is 0.653. The maximum absolute atomic E-state index is 12.2. The second kappa shape index (κ2) is 7.83. The van der Waals surface area contributed by atoms with E-state index in [9.17, 15) is 13.6 Å². The molecule has 3 rings (SSSR count). The summed E-state index contributed by atoms with van der Waals surface area (Å²) in [5.41, 5.74) is 1.01. The fourth-order valence-corrected chi connectivity index (χ4v) is 2.29. The van der Waals surface area contributed by atoms with E-state index in [4.69, 9.17) is 14.2 Å². The highest BCUT2D eigenvalue weighted by atomic mass is 19.3. The maximum atomic E-state index is 12.2. The van der Waals surface area contributed by atoms with Gasteiger partial charge in [0.2, 0.25) is 0 Å². The van der Waals surface area contributed by atoms with Gasteiger partial charge in [-0.1, -0.05) is 12.1 Å². The van der Waals surface area contributed by atoms with E-state index in [0.717, 1.165) is 6.42 Å². The lowest BCUT2D eigenvalue weighted by atomic mass is 10.2. The number of rotatable bonds is 5. The van der Waals surface area contributed by atoms with Gasteiger partial charge < -0.3 is 18.9 Å². The van der Waals surface area contributed by atoms with Crippen LogP contribution in [0.3, 0.4) is 0 Å². The van der Waals surface area contributed by atoms with Gasteiger partial charge in [0, 0.05) is 6.42 Å². The van der Waals surface area contributed by atoms with Crippen LogP contribution in [0.5, 0.6) is 17.2 Å². The molecule has 1 aliphatic heterocycles. The van der Waals surface area contributed by atoms with Gasteiger partial charge in [-0.2, -0.15) is 8.78 Å². The predicted molar refractivity (Wildman–Crippen MR) is 84.2 cm³/mol. The fraction of sp³-hybridized carbons (Fsp3) is 0.278. The smallest absolute Gasteiger partial charge is 0.387 e. The molecule has 25 heavy (non-hydrogen) atoms. The van der Waals surface area contributed by atoms with E-state index < -0.39 is 12.6 Å². The zero-order valence-corrected chi connectivity index (χ0v) is 13.2. The lowest BCUT2D eigenvalue weighted by Gasteiger charge is -2.10. The Labute approximate surface area is 143 Å². The van der Waals surface area contributed by atoms with Gasteiger partial charge in [-0.25, -0.2) is 4.79 Å². The first-order valence-electron chi connectivity index (χ1n) is 7.72. The van der Waals surface area contributed by atoms with E-state index in [1.165, 1.54) is 12.1 Å². The molecule has 0 amide bonds. The Kier molecular flexibility index (Phi) is 5.33. The summed E-state index contributed by atoms with van der Waals surface area (Å²) >= 11 is 0. The molecule has 0 spiro atoms. The minimum Gasteiger partial charge on any atom is -0.490 e. The Bertz CT molecular complexity index is 731. The number of hydrogen-bond donors (Lipinski definition) is 0. The van der Waals surface area contributed by atoms with Crippen molar-refractivity contribution in [2.45, 2.75) is 19.6 Å². The number of esters is 1. The predicted octanol–water partition coefficient (Wildman–Crippen LogP) is 3.81. The lowest BCUT2D eigenvalue weighted by Crippen LogP contribution is -2.06. The summed E-state index contributed by atoms with van der Waals surface area (Å²) in [7, 11) is 0. The molecule has 2 aromatic rings. The second-order valence-electron chi connectivity index (χ2n) is 5.31. The Morgan fingerprint density at radius 3 is 2.48 bits per heavy atom. The van der Waals surface area contributed by atoms with E-state index in [-0.39, 0.29) is 12.4 Å². The quantitative estimate of drug-likeness (QED) is 0.768. The highest BCUT2D eigenvalue weighted by Crippen LogP contribution is 2.30. The van der Waals surface area contributed by atoms with Crippen LogP contribution in [0.25, 0.3) is 0 Å². The van der Waals surface area contributed by atoms with Crippen molar-refractivity contribution in [1.82, 2.24) is 0 Å². The molecular formula is C18H16F2O5. The van der Waals surface area contributed by atoms with Crippen molar-refractivity contribution in [3.05, 3.63) is 53.6 Å². The standard InChI is InChI=1S/C18H16F2O5/c19-18(20)25-14-5-2-12(3-6-14)11-24-17(21)13-4-7-15-16(10-13)23-9-1-8-22-15/h2-7,10,18H,1,8-9,11H2. The molecule has 0 unspecified atom stereocenters. The van der Waals surface area contributed by atoms with E-state index in [2.05, 4.69) is 4.74 Å². The molecule has 5 nitrogen and oxygen atoms in total. The summed E-state index contributed by atoms with van der Waals surface area (Å²) < 4.78 is 44.7. The second-order valence-corrected chi connectivity index (χ2v) is 5.31. The first-order chi connectivity index (χ1) is 12.1. The van der Waals surface area contributed by atoms with Crippen LogP contribution in [-0.2, 0) is 11.3 Å². The number of halogens is 2. The summed E-state index contributed by atoms with van der Waals surface area (Å²) in [6.07, 6.45) is 0.778. The third-order valence-electron chi connectivity index (χ3n) is 3.50. The molecule has 1 heterocycles. The summed E-state index contributed by atoms with van der Waals surface area (Å²) in [6.45, 7) is -1.76. The topological polar surface area (TPSA) is 54.0 Å². The lowest BCUT2D eigenvalue weighted by molar-refractivity contribution is -0.0498. The van der Waals surface area contributed by atoms with Crippen LogP contribution in [0.1, 0.15) is 22.3 Å². The number of fused-ring (bicyclic) bond motifs is 1. The van der Waals surface area contributed by atoms with Crippen molar-refractivity contribution in [3.8, 4) is 17.2 Å². The molecule has 0 atom stereocenters. The molecule has 7 heteroatoms. The van der Waals surface area contributed by atoms with Gasteiger partial charge in [0.25, 0.3) is 0 Å². The first-order valence-corrected chi connectivity index (χ1v) is 7.72. The van der Waals surface area contributed by atoms with Gasteiger partial charge in [-0.3, -0.25) is 0 Å². The number of hydrogen-bond acceptors (Lipinski definition) is 5. The van der Waals surface area contributed by atoms with Crippen LogP contribution in [0.2, 0.25) is 0 Å². The van der Waals surface area contributed by atoms with Gasteiger partial charge in [0.05, 0.1) is 18.8 Å². The highest BCUT2D eigenvalue weighted by molar-refractivity contribution is 5.90. The fourth-order valence-electron chi connectivity index (χ4n) is 2.29. The molecule has 132 valence electrons. The third kappa shape index (κ3) is 4.59. The molecule has 1 aliphatic rings. The average molecular weight is 350 g/mol. The Hall–Kier alpha value is -2.83. The molecule has 0 N–H and O–H groups in total. The molecule has 0 aromatic heterocycles. The number of carbonyl (C=O) groups excluding carboxylic acids is 1. The third-order valence-corrected chi connectivity index (χ3v) is 3.50. The van der Waals surface area contributed by atoms with Gasteiger partial charge in [0.1, 0.15) is 12.4 Å². The van der Waals surface area contributed by atoms with E-state index in [1.807, 2.05) is 0 Å². The Morgan fingerprint density at radius 1 is 1.04 bits per heavy atom. The van der Waals surface area contributed by atoms with Crippen molar-refractivity contribution in [3.63, 3.8) is 0 Å². The van der Waals surface area contributed by atoms with Crippen molar-refractivity contribution in [1.29, 1.82) is 0 Å². The van der Waals surface area contributed by atoms with Crippen LogP contribution < -0.4 is 14.2 Å². The first kappa shape index (κ1) is 17.0. The number of benzene rings is 2. The molecule has 2 aromatic carbocycles. The average Bonchev–Trinajstić information content (AvgIpc) is 2.85. The molecule has 0 fully saturated rings. The monoisotopic (exact) mass is 350 g/mol. The van der Waals surface area contributed by atoms with E-state index in [1.54, 1.807) is 30.3 Å². The normalized spacial score (nSPS) is 13.2. The molecule has 0 radical (unpaired) electrons. The Morgan fingerprint density at radius 2 is 1.76 bits per heavy atom. The van der Waals surface area contributed by atoms with E-state index in [0.29, 0.717) is 35.8 Å². The SMILES string of the molecule is O=C(OCc1ccc(OC(F)F)cc1)c1ccc2c(c1)OCCCO2. The Balaban J connectivity index is 1.60. The molecule has 0 aliphatic carbocycles.